The van der Waals surface area contributed by atoms with Crippen LogP contribution in [0.1, 0.15) is 49.0 Å². The number of hydrogen-bond acceptors (Lipinski definition) is 4. The second-order valence-corrected chi connectivity index (χ2v) is 8.88. The molecule has 0 unspecified atom stereocenters. The number of fused-ring (bicyclic) bond motifs is 1. The largest absolute Gasteiger partial charge is 0.489 e. The lowest BCUT2D eigenvalue weighted by Gasteiger charge is -2.24. The van der Waals surface area contributed by atoms with Gasteiger partial charge in [0.2, 0.25) is 0 Å². The van der Waals surface area contributed by atoms with Crippen molar-refractivity contribution in [3.8, 4) is 5.75 Å². The SMILES string of the molecule is C[C@@H]1Oc2c(C(=O)N[C@]3(C)CCS(=O)(=O)C3)cccc2[C@H]1C. The molecule has 0 aliphatic carbocycles. The number of benzene rings is 1. The molecule has 1 aromatic carbocycles. The molecule has 2 heterocycles. The summed E-state index contributed by atoms with van der Waals surface area (Å²) in [4.78, 5) is 12.6. The van der Waals surface area contributed by atoms with Gasteiger partial charge in [-0.05, 0) is 26.3 Å². The first kappa shape index (κ1) is 15.3. The summed E-state index contributed by atoms with van der Waals surface area (Å²) >= 11 is 0. The minimum atomic E-state index is -3.06. The summed E-state index contributed by atoms with van der Waals surface area (Å²) < 4.78 is 29.2. The average Bonchev–Trinajstić information content (AvgIpc) is 2.86. The third-order valence-corrected chi connectivity index (χ3v) is 6.61. The van der Waals surface area contributed by atoms with Gasteiger partial charge in [0, 0.05) is 11.5 Å². The molecule has 6 heteroatoms. The molecule has 0 spiro atoms. The minimum absolute atomic E-state index is 0.00553. The minimum Gasteiger partial charge on any atom is -0.489 e. The molecule has 3 atom stereocenters. The van der Waals surface area contributed by atoms with Crippen molar-refractivity contribution in [2.24, 2.45) is 0 Å². The summed E-state index contributed by atoms with van der Waals surface area (Å²) in [5.41, 5.74) is 0.817. The van der Waals surface area contributed by atoms with Crippen LogP contribution in [0.5, 0.6) is 5.75 Å². The Kier molecular flexibility index (Phi) is 3.47. The molecule has 2 aliphatic rings. The molecule has 120 valence electrons. The molecule has 3 rings (SSSR count). The first-order valence-corrected chi connectivity index (χ1v) is 9.35. The zero-order chi connectivity index (χ0) is 16.1. The smallest absolute Gasteiger partial charge is 0.255 e. The van der Waals surface area contributed by atoms with Crippen LogP contribution in [-0.4, -0.2) is 37.5 Å². The van der Waals surface area contributed by atoms with E-state index in [1.165, 1.54) is 0 Å². The van der Waals surface area contributed by atoms with Gasteiger partial charge >= 0.3 is 0 Å². The van der Waals surface area contributed by atoms with Crippen LogP contribution in [0.2, 0.25) is 0 Å². The first-order valence-electron chi connectivity index (χ1n) is 7.53. The van der Waals surface area contributed by atoms with E-state index in [0.717, 1.165) is 5.56 Å². The van der Waals surface area contributed by atoms with E-state index in [0.29, 0.717) is 17.7 Å². The van der Waals surface area contributed by atoms with Gasteiger partial charge in [-0.15, -0.1) is 0 Å². The third-order valence-electron chi connectivity index (χ3n) is 4.71. The van der Waals surface area contributed by atoms with Gasteiger partial charge in [0.05, 0.1) is 22.6 Å². The highest BCUT2D eigenvalue weighted by Crippen LogP contribution is 2.40. The maximum Gasteiger partial charge on any atom is 0.255 e. The Morgan fingerprint density at radius 3 is 2.73 bits per heavy atom. The van der Waals surface area contributed by atoms with E-state index < -0.39 is 15.4 Å². The second-order valence-electron chi connectivity index (χ2n) is 6.69. The van der Waals surface area contributed by atoms with Gasteiger partial charge in [-0.1, -0.05) is 19.1 Å². The van der Waals surface area contributed by atoms with Crippen LogP contribution in [-0.2, 0) is 9.84 Å². The highest BCUT2D eigenvalue weighted by atomic mass is 32.2. The molecule has 22 heavy (non-hydrogen) atoms. The van der Waals surface area contributed by atoms with E-state index in [4.69, 9.17) is 4.74 Å². The zero-order valence-corrected chi connectivity index (χ0v) is 13.9. The molecule has 0 aromatic heterocycles. The quantitative estimate of drug-likeness (QED) is 0.902. The molecule has 1 aromatic rings. The monoisotopic (exact) mass is 323 g/mol. The first-order chi connectivity index (χ1) is 10.2. The molecule has 0 bridgehead atoms. The van der Waals surface area contributed by atoms with E-state index in [1.54, 1.807) is 13.0 Å². The van der Waals surface area contributed by atoms with Crippen molar-refractivity contribution in [2.45, 2.75) is 44.8 Å². The Morgan fingerprint density at radius 2 is 2.09 bits per heavy atom. The number of sulfone groups is 1. The van der Waals surface area contributed by atoms with Gasteiger partial charge in [0.25, 0.3) is 5.91 Å². The number of ether oxygens (including phenoxy) is 1. The summed E-state index contributed by atoms with van der Waals surface area (Å²) in [5, 5.41) is 2.89. The lowest BCUT2D eigenvalue weighted by atomic mass is 9.96. The lowest BCUT2D eigenvalue weighted by molar-refractivity contribution is 0.0910. The standard InChI is InChI=1S/C16H21NO4S/c1-10-11(2)21-14-12(10)5-4-6-13(14)15(18)17-16(3)7-8-22(19,20)9-16/h4-6,10-11H,7-9H2,1-3H3,(H,17,18)/t10-,11-,16+/m0/s1. The van der Waals surface area contributed by atoms with Crippen LogP contribution in [0.25, 0.3) is 0 Å². The highest BCUT2D eigenvalue weighted by Gasteiger charge is 2.40. The van der Waals surface area contributed by atoms with Gasteiger partial charge in [0.15, 0.2) is 9.84 Å². The van der Waals surface area contributed by atoms with E-state index in [9.17, 15) is 13.2 Å². The fraction of sp³-hybridized carbons (Fsp3) is 0.562. The Balaban J connectivity index is 1.86. The molecule has 0 saturated carbocycles. The Hall–Kier alpha value is -1.56. The lowest BCUT2D eigenvalue weighted by Crippen LogP contribution is -2.47. The Bertz CT molecular complexity index is 728. The van der Waals surface area contributed by atoms with Crippen molar-refractivity contribution in [3.63, 3.8) is 0 Å². The van der Waals surface area contributed by atoms with Crippen molar-refractivity contribution < 1.29 is 17.9 Å². The van der Waals surface area contributed by atoms with Gasteiger partial charge in [-0.25, -0.2) is 8.42 Å². The van der Waals surface area contributed by atoms with Crippen LogP contribution >= 0.6 is 0 Å². The number of carbonyl (C=O) groups is 1. The number of carbonyl (C=O) groups excluding carboxylic acids is 1. The number of rotatable bonds is 2. The fourth-order valence-corrected chi connectivity index (χ4v) is 5.31. The number of nitrogens with one attached hydrogen (secondary N) is 1. The van der Waals surface area contributed by atoms with Crippen molar-refractivity contribution >= 4 is 15.7 Å². The maximum atomic E-state index is 12.6. The summed E-state index contributed by atoms with van der Waals surface area (Å²) in [6.07, 6.45) is 0.482. The molecule has 1 saturated heterocycles. The van der Waals surface area contributed by atoms with Crippen LogP contribution < -0.4 is 10.1 Å². The van der Waals surface area contributed by atoms with Crippen LogP contribution in [0.3, 0.4) is 0 Å². The normalized spacial score (nSPS) is 32.3. The Labute approximate surface area is 131 Å². The summed E-state index contributed by atoms with van der Waals surface area (Å²) in [6.45, 7) is 5.84. The van der Waals surface area contributed by atoms with Gasteiger partial charge in [-0.2, -0.15) is 0 Å². The fourth-order valence-electron chi connectivity index (χ4n) is 3.22. The van der Waals surface area contributed by atoms with E-state index in [2.05, 4.69) is 12.2 Å². The van der Waals surface area contributed by atoms with Crippen LogP contribution in [0.4, 0.5) is 0 Å². The van der Waals surface area contributed by atoms with Crippen LogP contribution in [0.15, 0.2) is 18.2 Å². The molecule has 2 aliphatic heterocycles. The second kappa shape index (κ2) is 4.98. The number of para-hydroxylation sites is 1. The van der Waals surface area contributed by atoms with Crippen molar-refractivity contribution in [3.05, 3.63) is 29.3 Å². The van der Waals surface area contributed by atoms with Crippen molar-refractivity contribution in [1.29, 1.82) is 0 Å². The molecule has 1 fully saturated rings. The van der Waals surface area contributed by atoms with Crippen molar-refractivity contribution in [1.82, 2.24) is 5.32 Å². The van der Waals surface area contributed by atoms with E-state index in [-0.39, 0.29) is 29.4 Å². The Morgan fingerprint density at radius 1 is 1.36 bits per heavy atom. The van der Waals surface area contributed by atoms with E-state index >= 15 is 0 Å². The number of hydrogen-bond donors (Lipinski definition) is 1. The molecule has 1 N–H and O–H groups in total. The van der Waals surface area contributed by atoms with Gasteiger partial charge in [0.1, 0.15) is 11.9 Å². The zero-order valence-electron chi connectivity index (χ0n) is 13.0. The molecule has 1 amide bonds. The number of amides is 1. The molecule has 0 radical (unpaired) electrons. The molecular weight excluding hydrogens is 302 g/mol. The van der Waals surface area contributed by atoms with Crippen molar-refractivity contribution in [2.75, 3.05) is 11.5 Å². The topological polar surface area (TPSA) is 72.5 Å². The third kappa shape index (κ3) is 2.60. The van der Waals surface area contributed by atoms with E-state index in [1.807, 2.05) is 19.1 Å². The predicted octanol–water partition coefficient (Wildman–Crippen LogP) is 1.88. The predicted molar refractivity (Wildman–Crippen MR) is 84.1 cm³/mol. The van der Waals surface area contributed by atoms with Crippen LogP contribution in [0, 0.1) is 0 Å². The molecular formula is C16H21NO4S. The maximum absolute atomic E-state index is 12.6. The summed E-state index contributed by atoms with van der Waals surface area (Å²) in [5.74, 6) is 0.725. The molecule has 5 nitrogen and oxygen atoms in total. The highest BCUT2D eigenvalue weighted by molar-refractivity contribution is 7.91. The van der Waals surface area contributed by atoms with Gasteiger partial charge in [-0.3, -0.25) is 4.79 Å². The summed E-state index contributed by atoms with van der Waals surface area (Å²) in [6, 6.07) is 5.55. The summed E-state index contributed by atoms with van der Waals surface area (Å²) in [7, 11) is -3.06. The average molecular weight is 323 g/mol. The van der Waals surface area contributed by atoms with Gasteiger partial charge < -0.3 is 10.1 Å².